The Balaban J connectivity index is 1.92. The minimum Gasteiger partial charge on any atom is -0.378 e. The van der Waals surface area contributed by atoms with Crippen LogP contribution in [0.15, 0.2) is 0 Å². The van der Waals surface area contributed by atoms with Crippen molar-refractivity contribution in [2.75, 3.05) is 6.61 Å². The highest BCUT2D eigenvalue weighted by atomic mass is 16.5. The third-order valence-corrected chi connectivity index (χ3v) is 5.59. The highest BCUT2D eigenvalue weighted by Gasteiger charge is 2.63. The summed E-state index contributed by atoms with van der Waals surface area (Å²) in [6, 6.07) is 0.307. The van der Waals surface area contributed by atoms with Crippen LogP contribution in [0.3, 0.4) is 0 Å². The molecule has 0 radical (unpaired) electrons. The van der Waals surface area contributed by atoms with E-state index >= 15 is 0 Å². The summed E-state index contributed by atoms with van der Waals surface area (Å²) in [5.74, 6) is 0.801. The van der Waals surface area contributed by atoms with Crippen LogP contribution in [0.4, 0.5) is 0 Å². The second-order valence-electron chi connectivity index (χ2n) is 7.27. The van der Waals surface area contributed by atoms with Crippen molar-refractivity contribution in [1.29, 1.82) is 0 Å². The Morgan fingerprint density at radius 2 is 1.90 bits per heavy atom. The van der Waals surface area contributed by atoms with Gasteiger partial charge in [-0.25, -0.2) is 0 Å². The summed E-state index contributed by atoms with van der Waals surface area (Å²) >= 11 is 0. The number of nitrogens with two attached hydrogens (primary N) is 1. The second-order valence-corrected chi connectivity index (χ2v) is 7.27. The molecule has 2 fully saturated rings. The number of amides is 1. The summed E-state index contributed by atoms with van der Waals surface area (Å²) in [4.78, 5) is 12.6. The molecule has 0 saturated heterocycles. The van der Waals surface area contributed by atoms with E-state index < -0.39 is 5.54 Å². The quantitative estimate of drug-likeness (QED) is 0.831. The van der Waals surface area contributed by atoms with Crippen LogP contribution in [0.5, 0.6) is 0 Å². The van der Waals surface area contributed by atoms with Crippen molar-refractivity contribution in [3.63, 3.8) is 0 Å². The molecule has 1 amide bonds. The van der Waals surface area contributed by atoms with Crippen molar-refractivity contribution in [3.8, 4) is 0 Å². The highest BCUT2D eigenvalue weighted by molar-refractivity contribution is 5.89. The van der Waals surface area contributed by atoms with Crippen LogP contribution in [-0.2, 0) is 9.53 Å². The summed E-state index contributed by atoms with van der Waals surface area (Å²) in [7, 11) is 0. The lowest BCUT2D eigenvalue weighted by Gasteiger charge is -2.57. The lowest BCUT2D eigenvalue weighted by molar-refractivity contribution is -0.171. The fourth-order valence-electron chi connectivity index (χ4n) is 3.54. The Hall–Kier alpha value is -0.610. The summed E-state index contributed by atoms with van der Waals surface area (Å²) < 4.78 is 5.68. The van der Waals surface area contributed by atoms with Gasteiger partial charge >= 0.3 is 0 Å². The van der Waals surface area contributed by atoms with E-state index in [2.05, 4.69) is 12.2 Å². The van der Waals surface area contributed by atoms with Crippen molar-refractivity contribution in [3.05, 3.63) is 0 Å². The molecule has 2 aliphatic carbocycles. The molecular formula is C16H30N2O2. The molecule has 2 atom stereocenters. The fourth-order valence-corrected chi connectivity index (χ4v) is 3.54. The monoisotopic (exact) mass is 282 g/mol. The average Bonchev–Trinajstić information content (AvgIpc) is 2.40. The van der Waals surface area contributed by atoms with Gasteiger partial charge in [0.05, 0.1) is 6.10 Å². The van der Waals surface area contributed by atoms with E-state index in [1.54, 1.807) is 0 Å². The first-order chi connectivity index (χ1) is 9.31. The minimum absolute atomic E-state index is 0.0120. The van der Waals surface area contributed by atoms with E-state index in [9.17, 15) is 4.79 Å². The zero-order valence-corrected chi connectivity index (χ0v) is 13.4. The molecule has 0 spiro atoms. The van der Waals surface area contributed by atoms with E-state index in [1.165, 1.54) is 12.8 Å². The van der Waals surface area contributed by atoms with Crippen LogP contribution in [0.25, 0.3) is 0 Å². The minimum atomic E-state index is -0.782. The number of ether oxygens (including phenoxy) is 1. The zero-order valence-electron chi connectivity index (χ0n) is 13.4. The van der Waals surface area contributed by atoms with E-state index in [-0.39, 0.29) is 17.4 Å². The molecule has 2 saturated carbocycles. The average molecular weight is 282 g/mol. The summed E-state index contributed by atoms with van der Waals surface area (Å²) in [6.45, 7) is 9.02. The topological polar surface area (TPSA) is 64.3 Å². The molecule has 2 aliphatic rings. The number of carbonyl (C=O) groups excluding carboxylic acids is 1. The predicted molar refractivity (Wildman–Crippen MR) is 80.3 cm³/mol. The van der Waals surface area contributed by atoms with Gasteiger partial charge in [-0.1, -0.05) is 20.8 Å². The van der Waals surface area contributed by atoms with Crippen LogP contribution in [0, 0.1) is 11.3 Å². The molecule has 0 heterocycles. The van der Waals surface area contributed by atoms with Crippen molar-refractivity contribution >= 4 is 5.91 Å². The maximum atomic E-state index is 12.6. The van der Waals surface area contributed by atoms with Crippen LogP contribution in [0.1, 0.15) is 59.8 Å². The molecule has 2 unspecified atom stereocenters. The van der Waals surface area contributed by atoms with Crippen LogP contribution >= 0.6 is 0 Å². The van der Waals surface area contributed by atoms with Gasteiger partial charge in [-0.15, -0.1) is 0 Å². The Kier molecular flexibility index (Phi) is 4.45. The number of hydrogen-bond acceptors (Lipinski definition) is 3. The van der Waals surface area contributed by atoms with Gasteiger partial charge in [0, 0.05) is 24.5 Å². The molecule has 4 heteroatoms. The molecule has 0 aromatic carbocycles. The Bertz CT molecular complexity index is 361. The molecule has 0 aromatic rings. The van der Waals surface area contributed by atoms with E-state index in [1.807, 2.05) is 20.8 Å². The third kappa shape index (κ3) is 2.60. The standard InChI is InChI=1S/C16H30N2O2/c1-5-20-13-10-16(17,15(13,3)4)14(19)18-12-8-6-11(2)7-9-12/h11-13H,5-10,17H2,1-4H3,(H,18,19). The maximum Gasteiger partial charge on any atom is 0.241 e. The SMILES string of the molecule is CCOC1CC(N)(C(=O)NC2CCC(C)CC2)C1(C)C. The third-order valence-electron chi connectivity index (χ3n) is 5.59. The van der Waals surface area contributed by atoms with Gasteiger partial charge in [0.15, 0.2) is 0 Å². The molecule has 0 bridgehead atoms. The van der Waals surface area contributed by atoms with Gasteiger partial charge in [0.2, 0.25) is 5.91 Å². The molecule has 3 N–H and O–H groups in total. The molecule has 116 valence electrons. The number of nitrogens with one attached hydrogen (secondary N) is 1. The van der Waals surface area contributed by atoms with Crippen LogP contribution in [-0.4, -0.2) is 30.2 Å². The van der Waals surface area contributed by atoms with Gasteiger partial charge < -0.3 is 15.8 Å². The Labute approximate surface area is 122 Å². The van der Waals surface area contributed by atoms with Crippen molar-refractivity contribution < 1.29 is 9.53 Å². The molecular weight excluding hydrogens is 252 g/mol. The largest absolute Gasteiger partial charge is 0.378 e. The molecule has 2 rings (SSSR count). The van der Waals surface area contributed by atoms with Crippen LogP contribution < -0.4 is 11.1 Å². The summed E-state index contributed by atoms with van der Waals surface area (Å²) in [5.41, 5.74) is 5.32. The van der Waals surface area contributed by atoms with Crippen molar-refractivity contribution in [2.45, 2.75) is 77.5 Å². The van der Waals surface area contributed by atoms with Gasteiger partial charge in [-0.3, -0.25) is 4.79 Å². The lowest BCUT2D eigenvalue weighted by Crippen LogP contribution is -2.76. The van der Waals surface area contributed by atoms with Crippen molar-refractivity contribution in [1.82, 2.24) is 5.32 Å². The Morgan fingerprint density at radius 3 is 2.40 bits per heavy atom. The number of hydrogen-bond donors (Lipinski definition) is 2. The molecule has 20 heavy (non-hydrogen) atoms. The maximum absolute atomic E-state index is 12.6. The first-order valence-electron chi connectivity index (χ1n) is 8.02. The molecule has 0 aromatic heterocycles. The predicted octanol–water partition coefficient (Wildman–Crippen LogP) is 2.21. The Morgan fingerprint density at radius 1 is 1.30 bits per heavy atom. The first kappa shape index (κ1) is 15.8. The van der Waals surface area contributed by atoms with Gasteiger partial charge in [0.25, 0.3) is 0 Å². The van der Waals surface area contributed by atoms with E-state index in [4.69, 9.17) is 10.5 Å². The molecule has 4 nitrogen and oxygen atoms in total. The number of carbonyl (C=O) groups is 1. The van der Waals surface area contributed by atoms with Gasteiger partial charge in [-0.05, 0) is 38.5 Å². The summed E-state index contributed by atoms with van der Waals surface area (Å²) in [6.07, 6.45) is 5.29. The highest BCUT2D eigenvalue weighted by Crippen LogP contribution is 2.50. The first-order valence-corrected chi connectivity index (χ1v) is 8.02. The second kappa shape index (κ2) is 5.64. The normalized spacial score (nSPS) is 40.0. The zero-order chi connectivity index (χ0) is 15.0. The van der Waals surface area contributed by atoms with Gasteiger partial charge in [0.1, 0.15) is 5.54 Å². The van der Waals surface area contributed by atoms with Gasteiger partial charge in [-0.2, -0.15) is 0 Å². The number of rotatable bonds is 4. The molecule has 0 aliphatic heterocycles. The fraction of sp³-hybridized carbons (Fsp3) is 0.938. The summed E-state index contributed by atoms with van der Waals surface area (Å²) in [5, 5.41) is 3.18. The van der Waals surface area contributed by atoms with Crippen molar-refractivity contribution in [2.24, 2.45) is 17.1 Å². The lowest BCUT2D eigenvalue weighted by atomic mass is 9.54. The van der Waals surface area contributed by atoms with E-state index in [0.717, 1.165) is 18.8 Å². The van der Waals surface area contributed by atoms with E-state index in [0.29, 0.717) is 19.1 Å². The van der Waals surface area contributed by atoms with Crippen LogP contribution in [0.2, 0.25) is 0 Å². The smallest absolute Gasteiger partial charge is 0.241 e.